The topological polar surface area (TPSA) is 35.0 Å². The first-order valence-electron chi connectivity index (χ1n) is 4.30. The fourth-order valence-electron chi connectivity index (χ4n) is 1.10. The lowest BCUT2D eigenvalue weighted by Crippen LogP contribution is -2.03. The molecule has 0 aromatic carbocycles. The number of fused-ring (bicyclic) bond motifs is 1. The summed E-state index contributed by atoms with van der Waals surface area (Å²) in [6.07, 6.45) is 0. The maximum Gasteiger partial charge on any atom is 0.479 e. The van der Waals surface area contributed by atoms with Crippen LogP contribution in [0.1, 0.15) is 0 Å². The van der Waals surface area contributed by atoms with Crippen LogP contribution >= 0.6 is 12.0 Å². The Kier molecular flexibility index (Phi) is 3.05. The van der Waals surface area contributed by atoms with E-state index in [1.807, 2.05) is 0 Å². The van der Waals surface area contributed by atoms with Crippen LogP contribution in [-0.2, 0) is 0 Å². The largest absolute Gasteiger partial charge is 0.479 e. The highest BCUT2D eigenvalue weighted by Gasteiger charge is 2.31. The highest BCUT2D eigenvalue weighted by Crippen LogP contribution is 2.32. The van der Waals surface area contributed by atoms with Gasteiger partial charge in [-0.3, -0.25) is 0 Å². The molecule has 90 valence electrons. The van der Waals surface area contributed by atoms with Gasteiger partial charge in [0.1, 0.15) is 0 Å². The molecule has 0 aliphatic rings. The van der Waals surface area contributed by atoms with Gasteiger partial charge >= 0.3 is 5.51 Å². The van der Waals surface area contributed by atoms with E-state index in [-0.39, 0.29) is 16.9 Å². The molecule has 0 unspecified atom stereocenters. The first-order chi connectivity index (χ1) is 7.94. The lowest BCUT2D eigenvalue weighted by atomic mass is 10.3. The summed E-state index contributed by atoms with van der Waals surface area (Å²) in [7, 11) is 0. The number of halogens is 4. The summed E-state index contributed by atoms with van der Waals surface area (Å²) in [4.78, 5) is 7.26. The third-order valence-electron chi connectivity index (χ3n) is 1.70. The van der Waals surface area contributed by atoms with Gasteiger partial charge in [-0.25, -0.2) is 9.97 Å². The number of hydrogen-bond acceptors (Lipinski definition) is 4. The van der Waals surface area contributed by atoms with Gasteiger partial charge in [-0.15, -0.1) is 0 Å². The van der Waals surface area contributed by atoms with E-state index in [1.54, 1.807) is 0 Å². The quantitative estimate of drug-likeness (QED) is 0.473. The van der Waals surface area contributed by atoms with Gasteiger partial charge in [-0.2, -0.15) is 17.6 Å². The molecule has 8 heteroatoms. The van der Waals surface area contributed by atoms with Crippen LogP contribution in [0.2, 0.25) is 0 Å². The number of nitrogens with zero attached hydrogens (tertiary/aromatic N) is 2. The Morgan fingerprint density at radius 1 is 1.00 bits per heavy atom. The third-order valence-corrected chi connectivity index (χ3v) is 2.15. The average Bonchev–Trinajstić information content (AvgIpc) is 2.25. The summed E-state index contributed by atoms with van der Waals surface area (Å²) in [5.74, 6) is -0.897. The third kappa shape index (κ3) is 3.19. The molecule has 0 aliphatic heterocycles. The highest BCUT2D eigenvalue weighted by molar-refractivity contribution is 7.95. The Hall–Kier alpha value is -1.57. The molecule has 0 atom stereocenters. The van der Waals surface area contributed by atoms with Crippen LogP contribution in [0.3, 0.4) is 0 Å². The average molecular weight is 264 g/mol. The van der Waals surface area contributed by atoms with E-state index in [9.17, 15) is 17.6 Å². The van der Waals surface area contributed by atoms with E-state index in [2.05, 4.69) is 14.2 Å². The smallest absolute Gasteiger partial charge is 0.397 e. The molecule has 0 aliphatic carbocycles. The molecule has 0 spiro atoms. The van der Waals surface area contributed by atoms with Crippen LogP contribution in [0.4, 0.5) is 17.6 Å². The monoisotopic (exact) mass is 264 g/mol. The Morgan fingerprint density at radius 3 is 2.35 bits per heavy atom. The fraction of sp³-hybridized carbons (Fsp3) is 0.111. The molecule has 0 saturated heterocycles. The van der Waals surface area contributed by atoms with Gasteiger partial charge in [-0.05, 0) is 18.2 Å². The first kappa shape index (κ1) is 11.9. The first-order valence-corrected chi connectivity index (χ1v) is 5.04. The van der Waals surface area contributed by atoms with Crippen molar-refractivity contribution in [2.24, 2.45) is 0 Å². The Bertz CT molecular complexity index is 546. The number of alkyl halides is 3. The van der Waals surface area contributed by atoms with Crippen LogP contribution in [0.15, 0.2) is 24.3 Å². The van der Waals surface area contributed by atoms with Gasteiger partial charge in [-0.1, -0.05) is 0 Å². The zero-order chi connectivity index (χ0) is 12.5. The lowest BCUT2D eigenvalue weighted by Gasteiger charge is -2.05. The molecule has 2 heterocycles. The number of hydrogen-bond donors (Lipinski definition) is 0. The van der Waals surface area contributed by atoms with Crippen LogP contribution in [0.5, 0.6) is 5.88 Å². The minimum atomic E-state index is -4.50. The Labute approximate surface area is 97.0 Å². The molecule has 3 nitrogen and oxygen atoms in total. The minimum absolute atomic E-state index is 0.215. The van der Waals surface area contributed by atoms with Crippen molar-refractivity contribution in [3.05, 3.63) is 30.2 Å². The van der Waals surface area contributed by atoms with Gasteiger partial charge in [0, 0.05) is 6.07 Å². The van der Waals surface area contributed by atoms with Gasteiger partial charge < -0.3 is 4.18 Å². The predicted octanol–water partition coefficient (Wildman–Crippen LogP) is 3.32. The summed E-state index contributed by atoms with van der Waals surface area (Å²) in [6.45, 7) is 0. The molecule has 0 saturated carbocycles. The van der Waals surface area contributed by atoms with Crippen molar-refractivity contribution in [2.75, 3.05) is 0 Å². The zero-order valence-corrected chi connectivity index (χ0v) is 8.85. The van der Waals surface area contributed by atoms with Crippen LogP contribution in [0, 0.1) is 5.95 Å². The molecule has 2 rings (SSSR count). The molecule has 2 aromatic rings. The summed E-state index contributed by atoms with van der Waals surface area (Å²) in [5.41, 5.74) is -4.00. The molecule has 2 aromatic heterocycles. The standard InChI is InChI=1S/C9H4F4N2OS/c10-7-3-1-6-5(14-7)2-4-8(15-6)16-17-9(11,12)13/h1-4H. The van der Waals surface area contributed by atoms with Crippen molar-refractivity contribution in [1.82, 2.24) is 9.97 Å². The van der Waals surface area contributed by atoms with E-state index in [4.69, 9.17) is 0 Å². The summed E-state index contributed by atoms with van der Waals surface area (Å²) >= 11 is -0.659. The van der Waals surface area contributed by atoms with Crippen molar-refractivity contribution in [3.8, 4) is 5.88 Å². The maximum absolute atomic E-state index is 12.7. The SMILES string of the molecule is Fc1ccc2nc(OSC(F)(F)F)ccc2n1. The van der Waals surface area contributed by atoms with Crippen LogP contribution in [-0.4, -0.2) is 15.5 Å². The van der Waals surface area contributed by atoms with Gasteiger partial charge in [0.15, 0.2) is 12.0 Å². The van der Waals surface area contributed by atoms with E-state index in [0.29, 0.717) is 0 Å². The molecular formula is C9H4F4N2OS. The van der Waals surface area contributed by atoms with E-state index < -0.39 is 23.5 Å². The Morgan fingerprint density at radius 2 is 1.65 bits per heavy atom. The summed E-state index contributed by atoms with van der Waals surface area (Å²) in [6, 6.07) is 4.89. The molecule has 17 heavy (non-hydrogen) atoms. The number of rotatable bonds is 2. The minimum Gasteiger partial charge on any atom is -0.397 e. The van der Waals surface area contributed by atoms with E-state index >= 15 is 0 Å². The van der Waals surface area contributed by atoms with E-state index in [1.165, 1.54) is 18.2 Å². The molecule has 0 radical (unpaired) electrons. The molecule has 0 N–H and O–H groups in total. The van der Waals surface area contributed by atoms with Crippen molar-refractivity contribution >= 4 is 23.1 Å². The van der Waals surface area contributed by atoms with Crippen LogP contribution in [0.25, 0.3) is 11.0 Å². The lowest BCUT2D eigenvalue weighted by molar-refractivity contribution is -0.0370. The molecule has 0 bridgehead atoms. The fourth-order valence-corrected chi connectivity index (χ4v) is 1.38. The second kappa shape index (κ2) is 4.36. The summed E-state index contributed by atoms with van der Waals surface area (Å²) in [5, 5.41) is 0. The Balaban J connectivity index is 2.23. The van der Waals surface area contributed by atoms with Gasteiger partial charge in [0.25, 0.3) is 0 Å². The zero-order valence-electron chi connectivity index (χ0n) is 8.03. The number of aromatic nitrogens is 2. The van der Waals surface area contributed by atoms with Gasteiger partial charge in [0.05, 0.1) is 11.0 Å². The second-order valence-electron chi connectivity index (χ2n) is 2.93. The maximum atomic E-state index is 12.7. The van der Waals surface area contributed by atoms with Crippen LogP contribution < -0.4 is 4.18 Å². The summed E-state index contributed by atoms with van der Waals surface area (Å²) < 4.78 is 52.7. The molecular weight excluding hydrogens is 260 g/mol. The van der Waals surface area contributed by atoms with Crippen molar-refractivity contribution in [1.29, 1.82) is 0 Å². The van der Waals surface area contributed by atoms with Crippen molar-refractivity contribution in [2.45, 2.75) is 5.51 Å². The predicted molar refractivity (Wildman–Crippen MR) is 53.8 cm³/mol. The number of pyridine rings is 2. The molecule has 0 amide bonds. The normalized spacial score (nSPS) is 11.8. The molecule has 0 fully saturated rings. The van der Waals surface area contributed by atoms with Crippen molar-refractivity contribution in [3.63, 3.8) is 0 Å². The second-order valence-corrected chi connectivity index (χ2v) is 3.73. The highest BCUT2D eigenvalue weighted by atomic mass is 32.2. The van der Waals surface area contributed by atoms with E-state index in [0.717, 1.165) is 6.07 Å². The van der Waals surface area contributed by atoms with Gasteiger partial charge in [0.2, 0.25) is 11.8 Å². The van der Waals surface area contributed by atoms with Crippen molar-refractivity contribution < 1.29 is 21.7 Å².